The van der Waals surface area contributed by atoms with E-state index in [1.807, 2.05) is 42.5 Å². The van der Waals surface area contributed by atoms with Crippen molar-refractivity contribution >= 4 is 43.4 Å². The molecule has 7 aromatic rings. The average molecular weight is 434 g/mol. The molecule has 0 amide bonds. The van der Waals surface area contributed by atoms with Crippen molar-refractivity contribution in [3.8, 4) is 22.8 Å². The molecule has 3 heteroatoms. The fourth-order valence-electron chi connectivity index (χ4n) is 4.84. The second-order valence-corrected chi connectivity index (χ2v) is 8.49. The van der Waals surface area contributed by atoms with Gasteiger partial charge in [0.2, 0.25) is 0 Å². The van der Waals surface area contributed by atoms with Crippen molar-refractivity contribution in [2.75, 3.05) is 0 Å². The van der Waals surface area contributed by atoms with Crippen LogP contribution in [0, 0.1) is 0 Å². The van der Waals surface area contributed by atoms with E-state index in [1.165, 1.54) is 21.5 Å². The van der Waals surface area contributed by atoms with Crippen LogP contribution in [0.25, 0.3) is 66.1 Å². The molecule has 0 aliphatic heterocycles. The predicted octanol–water partition coefficient (Wildman–Crippen LogP) is 7.82. The highest BCUT2D eigenvalue weighted by atomic mass is 14.9. The highest BCUT2D eigenvalue weighted by molar-refractivity contribution is 6.15. The number of para-hydroxylation sites is 2. The molecule has 0 saturated carbocycles. The normalized spacial score (nSPS) is 11.5. The second kappa shape index (κ2) is 7.46. The van der Waals surface area contributed by atoms with E-state index in [9.17, 15) is 0 Å². The molecule has 0 aliphatic carbocycles. The first-order valence-electron chi connectivity index (χ1n) is 11.4. The summed E-state index contributed by atoms with van der Waals surface area (Å²) in [6, 6.07) is 39.8. The molecule has 0 unspecified atom stereocenters. The lowest BCUT2D eigenvalue weighted by molar-refractivity contribution is 1.20. The monoisotopic (exact) mass is 433 g/mol. The third-order valence-electron chi connectivity index (χ3n) is 6.45. The number of rotatable bonds is 2. The summed E-state index contributed by atoms with van der Waals surface area (Å²) in [7, 11) is 0. The van der Waals surface area contributed by atoms with Crippen LogP contribution in [-0.4, -0.2) is 15.0 Å². The quantitative estimate of drug-likeness (QED) is 0.261. The van der Waals surface area contributed by atoms with Crippen molar-refractivity contribution in [3.63, 3.8) is 0 Å². The Morgan fingerprint density at radius 1 is 0.412 bits per heavy atom. The van der Waals surface area contributed by atoms with Crippen molar-refractivity contribution in [1.29, 1.82) is 0 Å². The van der Waals surface area contributed by atoms with E-state index in [-0.39, 0.29) is 0 Å². The fraction of sp³-hybridized carbons (Fsp3) is 0. The molecule has 0 bridgehead atoms. The lowest BCUT2D eigenvalue weighted by Gasteiger charge is -2.13. The van der Waals surface area contributed by atoms with E-state index in [0.717, 1.165) is 38.8 Å². The number of pyridine rings is 1. The molecule has 0 radical (unpaired) electrons. The van der Waals surface area contributed by atoms with Crippen LogP contribution in [0.4, 0.5) is 0 Å². The predicted molar refractivity (Wildman–Crippen MR) is 141 cm³/mol. The summed E-state index contributed by atoms with van der Waals surface area (Å²) in [4.78, 5) is 14.9. The summed E-state index contributed by atoms with van der Waals surface area (Å²) in [6.07, 6.45) is 0. The van der Waals surface area contributed by atoms with E-state index >= 15 is 0 Å². The van der Waals surface area contributed by atoms with Crippen LogP contribution in [0.3, 0.4) is 0 Å². The first-order valence-corrected chi connectivity index (χ1v) is 11.4. The molecule has 2 aromatic heterocycles. The third kappa shape index (κ3) is 2.95. The smallest absolute Gasteiger partial charge is 0.179 e. The van der Waals surface area contributed by atoms with Crippen LogP contribution >= 0.6 is 0 Å². The number of hydrogen-bond acceptors (Lipinski definition) is 3. The molecular formula is C31H19N3. The van der Waals surface area contributed by atoms with Gasteiger partial charge in [-0.25, -0.2) is 15.0 Å². The van der Waals surface area contributed by atoms with E-state index in [4.69, 9.17) is 15.0 Å². The zero-order valence-electron chi connectivity index (χ0n) is 18.3. The van der Waals surface area contributed by atoms with Gasteiger partial charge in [0.15, 0.2) is 5.82 Å². The zero-order valence-corrected chi connectivity index (χ0v) is 18.3. The molecule has 34 heavy (non-hydrogen) atoms. The van der Waals surface area contributed by atoms with Gasteiger partial charge in [-0.1, -0.05) is 91.0 Å². The molecular weight excluding hydrogens is 414 g/mol. The first kappa shape index (κ1) is 18.9. The zero-order chi connectivity index (χ0) is 22.5. The Bertz CT molecular complexity index is 1870. The van der Waals surface area contributed by atoms with Crippen LogP contribution in [0.5, 0.6) is 0 Å². The molecule has 0 N–H and O–H groups in total. The molecule has 3 nitrogen and oxygen atoms in total. The van der Waals surface area contributed by atoms with E-state index < -0.39 is 0 Å². The van der Waals surface area contributed by atoms with Gasteiger partial charge in [-0.05, 0) is 45.8 Å². The van der Waals surface area contributed by atoms with Crippen molar-refractivity contribution < 1.29 is 0 Å². The molecule has 5 aromatic carbocycles. The lowest BCUT2D eigenvalue weighted by Crippen LogP contribution is -1.97. The Hall–Kier alpha value is -4.63. The van der Waals surface area contributed by atoms with Gasteiger partial charge in [0.25, 0.3) is 0 Å². The van der Waals surface area contributed by atoms with Gasteiger partial charge in [-0.15, -0.1) is 0 Å². The SMILES string of the molecule is c1ccc2nc(-c3nc(-c4cc5ccccc5c5ccccc45)c4ccccc4n3)ccc2c1. The summed E-state index contributed by atoms with van der Waals surface area (Å²) < 4.78 is 0. The number of nitrogens with zero attached hydrogens (tertiary/aromatic N) is 3. The number of benzene rings is 5. The van der Waals surface area contributed by atoms with Crippen LogP contribution < -0.4 is 0 Å². The van der Waals surface area contributed by atoms with Crippen LogP contribution in [0.15, 0.2) is 115 Å². The number of aromatic nitrogens is 3. The fourth-order valence-corrected chi connectivity index (χ4v) is 4.84. The first-order chi connectivity index (χ1) is 16.8. The Balaban J connectivity index is 1.57. The molecule has 2 heterocycles. The largest absolute Gasteiger partial charge is 0.244 e. The maximum atomic E-state index is 5.13. The summed E-state index contributed by atoms with van der Waals surface area (Å²) in [6.45, 7) is 0. The van der Waals surface area contributed by atoms with Crippen LogP contribution in [-0.2, 0) is 0 Å². The Morgan fingerprint density at radius 2 is 1.06 bits per heavy atom. The van der Waals surface area contributed by atoms with Crippen molar-refractivity contribution in [2.45, 2.75) is 0 Å². The number of hydrogen-bond donors (Lipinski definition) is 0. The van der Waals surface area contributed by atoms with Crippen molar-refractivity contribution in [2.24, 2.45) is 0 Å². The molecule has 0 fully saturated rings. The van der Waals surface area contributed by atoms with Gasteiger partial charge in [0.05, 0.1) is 16.7 Å². The summed E-state index contributed by atoms with van der Waals surface area (Å²) in [5, 5.41) is 6.99. The van der Waals surface area contributed by atoms with Crippen molar-refractivity contribution in [1.82, 2.24) is 15.0 Å². The van der Waals surface area contributed by atoms with Gasteiger partial charge in [-0.3, -0.25) is 0 Å². The molecule has 0 atom stereocenters. The molecule has 158 valence electrons. The number of fused-ring (bicyclic) bond motifs is 5. The highest BCUT2D eigenvalue weighted by Gasteiger charge is 2.16. The van der Waals surface area contributed by atoms with Gasteiger partial charge in [-0.2, -0.15) is 0 Å². The Morgan fingerprint density at radius 3 is 1.91 bits per heavy atom. The Kier molecular flexibility index (Phi) is 4.15. The minimum absolute atomic E-state index is 0.636. The van der Waals surface area contributed by atoms with Crippen LogP contribution in [0.2, 0.25) is 0 Å². The summed E-state index contributed by atoms with van der Waals surface area (Å²) >= 11 is 0. The van der Waals surface area contributed by atoms with Gasteiger partial charge < -0.3 is 0 Å². The Labute approximate surface area is 196 Å². The third-order valence-corrected chi connectivity index (χ3v) is 6.45. The van der Waals surface area contributed by atoms with Gasteiger partial charge in [0.1, 0.15) is 5.69 Å². The lowest BCUT2D eigenvalue weighted by atomic mass is 9.94. The second-order valence-electron chi connectivity index (χ2n) is 8.49. The summed E-state index contributed by atoms with van der Waals surface area (Å²) in [5.41, 5.74) is 4.66. The van der Waals surface area contributed by atoms with E-state index in [0.29, 0.717) is 5.82 Å². The molecule has 0 saturated heterocycles. The minimum Gasteiger partial charge on any atom is -0.244 e. The van der Waals surface area contributed by atoms with E-state index in [2.05, 4.69) is 72.8 Å². The van der Waals surface area contributed by atoms with E-state index in [1.54, 1.807) is 0 Å². The van der Waals surface area contributed by atoms with Gasteiger partial charge >= 0.3 is 0 Å². The molecule has 7 rings (SSSR count). The summed E-state index contributed by atoms with van der Waals surface area (Å²) in [5.74, 6) is 0.636. The molecule has 0 spiro atoms. The van der Waals surface area contributed by atoms with Crippen LogP contribution in [0.1, 0.15) is 0 Å². The minimum atomic E-state index is 0.636. The topological polar surface area (TPSA) is 38.7 Å². The average Bonchev–Trinajstić information content (AvgIpc) is 2.92. The molecule has 0 aliphatic rings. The maximum Gasteiger partial charge on any atom is 0.179 e. The highest BCUT2D eigenvalue weighted by Crippen LogP contribution is 2.37. The maximum absolute atomic E-state index is 5.13. The van der Waals surface area contributed by atoms with Crippen molar-refractivity contribution in [3.05, 3.63) is 115 Å². The van der Waals surface area contributed by atoms with Gasteiger partial charge in [0, 0.05) is 16.3 Å². The standard InChI is InChI=1S/C31H19N3/c1-3-11-22-21(10-1)19-26(24-13-5-4-12-23(22)24)30-25-14-6-8-16-28(25)33-31(34-30)29-18-17-20-9-2-7-15-27(20)32-29/h1-19H.